The number of fused-ring (bicyclic) bond motifs is 2. The molecule has 7 aliphatic rings. The van der Waals surface area contributed by atoms with E-state index in [2.05, 4.69) is 0 Å². The van der Waals surface area contributed by atoms with Crippen molar-refractivity contribution in [1.82, 2.24) is 4.90 Å². The van der Waals surface area contributed by atoms with Crippen LogP contribution in [0.1, 0.15) is 49.4 Å². The fourth-order valence-electron chi connectivity index (χ4n) is 12.9. The Morgan fingerprint density at radius 2 is 1.82 bits per heavy atom. The van der Waals surface area contributed by atoms with E-state index in [0.29, 0.717) is 19.3 Å². The molecule has 1 spiro atoms. The fraction of sp³-hybridized carbons (Fsp3) is 0.722. The van der Waals surface area contributed by atoms with Gasteiger partial charge in [0, 0.05) is 82.3 Å². The van der Waals surface area contributed by atoms with E-state index in [0.717, 1.165) is 11.3 Å². The smallest absolute Gasteiger partial charge is 0.340 e. The van der Waals surface area contributed by atoms with Crippen LogP contribution in [0.25, 0.3) is 0 Å². The van der Waals surface area contributed by atoms with Gasteiger partial charge in [0.15, 0.2) is 0 Å². The fourth-order valence-corrected chi connectivity index (χ4v) is 12.9. The van der Waals surface area contributed by atoms with Crippen LogP contribution in [0, 0.1) is 40.4 Å². The number of piperidine rings is 1. The minimum Gasteiger partial charge on any atom is -0.461 e. The van der Waals surface area contributed by atoms with Crippen molar-refractivity contribution in [1.29, 1.82) is 0 Å². The first-order chi connectivity index (χ1) is 23.4. The number of benzene rings is 1. The molecule has 14 unspecified atom stereocenters. The number of methoxy groups -OCH3 is 4. The third-order valence-electron chi connectivity index (χ3n) is 14.2. The number of imide groups is 1. The third-order valence-corrected chi connectivity index (χ3v) is 14.2. The molecule has 14 atom stereocenters. The minimum atomic E-state index is -1.93. The molecule has 1 aromatic carbocycles. The van der Waals surface area contributed by atoms with E-state index in [1.807, 2.05) is 0 Å². The lowest BCUT2D eigenvalue weighted by atomic mass is 9.42. The van der Waals surface area contributed by atoms with Crippen molar-refractivity contribution < 1.29 is 53.1 Å². The normalized spacial score (nSPS) is 47.5. The quantitative estimate of drug-likeness (QED) is 0.219. The van der Waals surface area contributed by atoms with Crippen LogP contribution in [0.15, 0.2) is 24.3 Å². The Balaban J connectivity index is 1.24. The van der Waals surface area contributed by atoms with Crippen LogP contribution in [0.3, 0.4) is 0 Å². The molecule has 2 saturated heterocycles. The number of likely N-dealkylation sites (tertiary alicyclic amines) is 1. The van der Waals surface area contributed by atoms with Gasteiger partial charge in [0.2, 0.25) is 18.2 Å². The SMILES string of the molecule is COC1CC2(O)C3C(OC)C1CC3C13C(OC)CCC4(COC(=O)c5ccccc5N5C(=O)CC(C)C5=O)CN(C=O)C1C2(O)C(OC)C43. The highest BCUT2D eigenvalue weighted by atomic mass is 16.5. The molecular formula is C36H46N2O11. The number of para-hydroxylation sites is 1. The Bertz CT molecular complexity index is 1590. The molecule has 49 heavy (non-hydrogen) atoms. The van der Waals surface area contributed by atoms with E-state index < -0.39 is 70.1 Å². The Morgan fingerprint density at radius 3 is 2.45 bits per heavy atom. The summed E-state index contributed by atoms with van der Waals surface area (Å²) in [7, 11) is 6.41. The third kappa shape index (κ3) is 3.76. The second-order valence-corrected chi connectivity index (χ2v) is 15.7. The van der Waals surface area contributed by atoms with E-state index in [1.54, 1.807) is 51.4 Å². The predicted molar refractivity (Wildman–Crippen MR) is 170 cm³/mol. The molecular weight excluding hydrogens is 636 g/mol. The first-order valence-corrected chi connectivity index (χ1v) is 17.3. The van der Waals surface area contributed by atoms with Gasteiger partial charge in [-0.15, -0.1) is 0 Å². The molecule has 2 heterocycles. The summed E-state index contributed by atoms with van der Waals surface area (Å²) in [5, 5.41) is 26.3. The molecule has 2 N–H and O–H groups in total. The molecule has 3 amide bonds. The monoisotopic (exact) mass is 682 g/mol. The van der Waals surface area contributed by atoms with Gasteiger partial charge in [-0.25, -0.2) is 9.69 Å². The molecule has 1 aromatic rings. The van der Waals surface area contributed by atoms with Gasteiger partial charge in [-0.1, -0.05) is 19.1 Å². The lowest BCUT2D eigenvalue weighted by Crippen LogP contribution is -2.82. The zero-order chi connectivity index (χ0) is 34.8. The summed E-state index contributed by atoms with van der Waals surface area (Å²) < 4.78 is 30.9. The lowest BCUT2D eigenvalue weighted by Gasteiger charge is -2.69. The molecule has 0 radical (unpaired) electrons. The standard InChI is InChI=1S/C36H46N2O11/c1-18-12-25(40)38(30(18)41)22-9-7-6-8-19(22)31(42)49-16-33-11-10-24(46-3)35-21-13-20-23(45-2)14-34(43,26(21)27(20)47-4)36(44,29(48-5)28(33)35)32(35)37(15-33)17-39/h6-9,17-18,20-21,23-24,26-29,32,43-44H,10-16H2,1-5H3. The van der Waals surface area contributed by atoms with Crippen LogP contribution in [-0.2, 0) is 38.1 Å². The van der Waals surface area contributed by atoms with Crippen LogP contribution in [0.2, 0.25) is 0 Å². The Morgan fingerprint density at radius 1 is 1.06 bits per heavy atom. The maximum absolute atomic E-state index is 14.0. The molecule has 13 nitrogen and oxygen atoms in total. The predicted octanol–water partition coefficient (Wildman–Crippen LogP) is 1.17. The number of aliphatic hydroxyl groups is 2. The first-order valence-electron chi connectivity index (χ1n) is 17.3. The number of hydrogen-bond donors (Lipinski definition) is 2. The highest BCUT2D eigenvalue weighted by molar-refractivity contribution is 6.22. The summed E-state index contributed by atoms with van der Waals surface area (Å²) in [6.45, 7) is 1.73. The largest absolute Gasteiger partial charge is 0.461 e. The highest BCUT2D eigenvalue weighted by Crippen LogP contribution is 2.80. The van der Waals surface area contributed by atoms with E-state index >= 15 is 0 Å². The van der Waals surface area contributed by atoms with E-state index in [4.69, 9.17) is 23.7 Å². The molecule has 2 aliphatic heterocycles. The van der Waals surface area contributed by atoms with Crippen LogP contribution in [-0.4, -0.2) is 123 Å². The summed E-state index contributed by atoms with van der Waals surface area (Å²) in [6, 6.07) is 5.57. The number of nitrogens with zero attached hydrogens (tertiary/aromatic N) is 2. The van der Waals surface area contributed by atoms with E-state index in [-0.39, 0.29) is 67.0 Å². The van der Waals surface area contributed by atoms with Gasteiger partial charge in [0.25, 0.3) is 0 Å². The second kappa shape index (κ2) is 11.0. The average molecular weight is 683 g/mol. The molecule has 0 aromatic heterocycles. The van der Waals surface area contributed by atoms with Crippen molar-refractivity contribution >= 4 is 29.9 Å². The van der Waals surface area contributed by atoms with Crippen LogP contribution >= 0.6 is 0 Å². The maximum Gasteiger partial charge on any atom is 0.340 e. The molecule has 5 aliphatic carbocycles. The highest BCUT2D eigenvalue weighted by Gasteiger charge is 2.92. The number of rotatable bonds is 9. The topological polar surface area (TPSA) is 161 Å². The van der Waals surface area contributed by atoms with Crippen molar-refractivity contribution in [3.63, 3.8) is 0 Å². The van der Waals surface area contributed by atoms with Crippen molar-refractivity contribution in [2.45, 2.75) is 80.7 Å². The van der Waals surface area contributed by atoms with Crippen molar-refractivity contribution in [3.8, 4) is 0 Å². The molecule has 13 heteroatoms. The molecule has 266 valence electrons. The summed E-state index contributed by atoms with van der Waals surface area (Å²) in [6.07, 6.45) is 0.516. The van der Waals surface area contributed by atoms with E-state index in [9.17, 15) is 29.4 Å². The van der Waals surface area contributed by atoms with Gasteiger partial charge in [-0.05, 0) is 37.3 Å². The Labute approximate surface area is 285 Å². The van der Waals surface area contributed by atoms with Gasteiger partial charge >= 0.3 is 5.97 Å². The molecule has 8 rings (SSSR count). The molecule has 7 bridgehead atoms. The van der Waals surface area contributed by atoms with Gasteiger partial charge < -0.3 is 38.8 Å². The van der Waals surface area contributed by atoms with Crippen molar-refractivity contribution in [2.75, 3.05) is 46.5 Å². The number of amides is 3. The first kappa shape index (κ1) is 33.2. The molecule has 5 saturated carbocycles. The van der Waals surface area contributed by atoms with Crippen LogP contribution in [0.5, 0.6) is 0 Å². The number of anilines is 1. The number of carbonyl (C=O) groups excluding carboxylic acids is 4. The summed E-state index contributed by atoms with van der Waals surface area (Å²) >= 11 is 0. The summed E-state index contributed by atoms with van der Waals surface area (Å²) in [5.74, 6) is -3.19. The Hall–Kier alpha value is -2.94. The van der Waals surface area contributed by atoms with Crippen LogP contribution in [0.4, 0.5) is 5.69 Å². The van der Waals surface area contributed by atoms with Gasteiger partial charge in [-0.3, -0.25) is 14.4 Å². The number of hydrogen-bond acceptors (Lipinski definition) is 11. The van der Waals surface area contributed by atoms with Crippen molar-refractivity contribution in [3.05, 3.63) is 29.8 Å². The number of ether oxygens (including phenoxy) is 5. The van der Waals surface area contributed by atoms with Crippen LogP contribution < -0.4 is 4.90 Å². The van der Waals surface area contributed by atoms with Crippen molar-refractivity contribution in [2.24, 2.45) is 40.4 Å². The zero-order valence-corrected chi connectivity index (χ0v) is 28.6. The average Bonchev–Trinajstić information content (AvgIpc) is 3.63. The number of esters is 1. The van der Waals surface area contributed by atoms with E-state index in [1.165, 1.54) is 13.2 Å². The molecule has 7 fully saturated rings. The second-order valence-electron chi connectivity index (χ2n) is 15.7. The maximum atomic E-state index is 14.0. The lowest BCUT2D eigenvalue weighted by molar-refractivity contribution is -0.315. The minimum absolute atomic E-state index is 0.0455. The summed E-state index contributed by atoms with van der Waals surface area (Å²) in [4.78, 5) is 55.6. The zero-order valence-electron chi connectivity index (χ0n) is 28.6. The summed E-state index contributed by atoms with van der Waals surface area (Å²) in [5.41, 5.74) is -5.15. The van der Waals surface area contributed by atoms with Gasteiger partial charge in [0.05, 0.1) is 48.3 Å². The number of carbonyl (C=O) groups is 4. The van der Waals surface area contributed by atoms with Gasteiger partial charge in [-0.2, -0.15) is 0 Å². The Kier molecular flexibility index (Phi) is 7.48. The van der Waals surface area contributed by atoms with Gasteiger partial charge in [0.1, 0.15) is 11.2 Å².